The Morgan fingerprint density at radius 1 is 0.921 bits per heavy atom. The lowest BCUT2D eigenvalue weighted by molar-refractivity contribution is -0.251. The Balaban J connectivity index is 2.22. The van der Waals surface area contributed by atoms with Crippen LogP contribution < -0.4 is 11.1 Å². The zero-order chi connectivity index (χ0) is 27.8. The van der Waals surface area contributed by atoms with E-state index in [4.69, 9.17) is 15.2 Å². The Morgan fingerprint density at radius 2 is 1.47 bits per heavy atom. The van der Waals surface area contributed by atoms with Gasteiger partial charge < -0.3 is 35.8 Å². The van der Waals surface area contributed by atoms with Gasteiger partial charge in [-0.05, 0) is 12.8 Å². The predicted octanol–water partition coefficient (Wildman–Crippen LogP) is 2.30. The smallest absolute Gasteiger partial charge is 0.243 e. The lowest BCUT2D eigenvalue weighted by Crippen LogP contribution is -2.59. The summed E-state index contributed by atoms with van der Waals surface area (Å²) in [5.41, 5.74) is 4.54. The van der Waals surface area contributed by atoms with Gasteiger partial charge in [-0.1, -0.05) is 110 Å². The highest BCUT2D eigenvalue weighted by atomic mass is 16.7. The highest BCUT2D eigenvalue weighted by molar-refractivity contribution is 5.87. The molecule has 7 atom stereocenters. The number of allylic oxidation sites excluding steroid dienone is 14. The summed E-state index contributed by atoms with van der Waals surface area (Å²) in [6.45, 7) is 4.01. The number of hydrogen-bond donors (Lipinski definition) is 5. The van der Waals surface area contributed by atoms with Crippen LogP contribution in [0.15, 0.2) is 109 Å². The van der Waals surface area contributed by atoms with Crippen molar-refractivity contribution in [1.29, 1.82) is 0 Å². The van der Waals surface area contributed by atoms with Crippen LogP contribution >= 0.6 is 0 Å². The van der Waals surface area contributed by atoms with E-state index in [-0.39, 0.29) is 18.4 Å². The van der Waals surface area contributed by atoms with Crippen LogP contribution in [0.4, 0.5) is 0 Å². The second-order valence-corrected chi connectivity index (χ2v) is 9.25. The minimum atomic E-state index is -1.46. The van der Waals surface area contributed by atoms with Crippen molar-refractivity contribution in [2.75, 3.05) is 13.2 Å². The lowest BCUT2D eigenvalue weighted by Gasteiger charge is -2.39. The van der Waals surface area contributed by atoms with Crippen LogP contribution in [0.3, 0.4) is 0 Å². The van der Waals surface area contributed by atoms with Gasteiger partial charge in [0.25, 0.3) is 0 Å². The van der Waals surface area contributed by atoms with E-state index in [1.165, 1.54) is 6.08 Å². The molecule has 1 amide bonds. The largest absolute Gasteiger partial charge is 0.389 e. The number of nitrogens with one attached hydrogen (secondary N) is 1. The van der Waals surface area contributed by atoms with Gasteiger partial charge in [0.2, 0.25) is 5.91 Å². The monoisotopic (exact) mass is 524 g/mol. The summed E-state index contributed by atoms with van der Waals surface area (Å²) >= 11 is 0. The molecule has 1 saturated heterocycles. The molecule has 2 aliphatic rings. The maximum atomic E-state index is 11.9. The average Bonchev–Trinajstić information content (AvgIpc) is 2.88. The van der Waals surface area contributed by atoms with Gasteiger partial charge in [0.1, 0.15) is 23.9 Å². The van der Waals surface area contributed by atoms with Crippen LogP contribution in [0.2, 0.25) is 0 Å². The van der Waals surface area contributed by atoms with Crippen molar-refractivity contribution in [2.24, 2.45) is 11.7 Å². The van der Waals surface area contributed by atoms with E-state index in [1.54, 1.807) is 67.7 Å². The first-order chi connectivity index (χ1) is 18.2. The van der Waals surface area contributed by atoms with Crippen LogP contribution in [0.5, 0.6) is 0 Å². The Bertz CT molecular complexity index is 1000. The molecule has 0 aliphatic carbocycles. The van der Waals surface area contributed by atoms with Crippen molar-refractivity contribution < 1.29 is 29.6 Å². The summed E-state index contributed by atoms with van der Waals surface area (Å²) in [6.07, 6.45) is 27.6. The third kappa shape index (κ3) is 11.5. The summed E-state index contributed by atoms with van der Waals surface area (Å²) in [4.78, 5) is 11.9. The van der Waals surface area contributed by atoms with Crippen molar-refractivity contribution in [3.63, 3.8) is 0 Å². The second kappa shape index (κ2) is 16.7. The molecule has 7 unspecified atom stereocenters. The van der Waals surface area contributed by atoms with Crippen molar-refractivity contribution in [3.8, 4) is 0 Å². The summed E-state index contributed by atoms with van der Waals surface area (Å²) in [5.74, 6) is 0.0217. The molecule has 2 heterocycles. The summed E-state index contributed by atoms with van der Waals surface area (Å²) in [6, 6.07) is -0.989. The fraction of sp³-hybridized carbons (Fsp3) is 0.367. The van der Waals surface area contributed by atoms with E-state index in [1.807, 2.05) is 49.5 Å². The standard InChI is InChI=1S/C30H40N2O6/c1-23-17-13-9-5-3-4-6-10-14-18-25(38-29-27(31)28(35)24(33)22-37-29)30(2,36)20-16-12-8-7-11-15-19-26(34)32-21-23/h3-20,23-25,27-29,33,35-36H,21-22,31H2,1-2H3,(H,32,34). The molecule has 2 rings (SSSR count). The first-order valence-electron chi connectivity index (χ1n) is 12.6. The first-order valence-corrected chi connectivity index (χ1v) is 12.6. The SMILES string of the molecule is CC1C=CC=CC=CC=CC=CC(OC2OCC(O)C(O)C2N)C(C)(O)C=CC=CC=CC=CC(=O)NC1. The van der Waals surface area contributed by atoms with E-state index in [0.29, 0.717) is 6.54 Å². The number of nitrogens with two attached hydrogens (primary N) is 1. The van der Waals surface area contributed by atoms with Gasteiger partial charge in [0.05, 0.1) is 12.6 Å². The Morgan fingerprint density at radius 3 is 2.13 bits per heavy atom. The highest BCUT2D eigenvalue weighted by Gasteiger charge is 2.40. The Hall–Kier alpha value is -3.11. The number of aliphatic hydroxyl groups is 3. The Kier molecular flexibility index (Phi) is 13.7. The molecule has 6 N–H and O–H groups in total. The normalized spacial score (nSPS) is 33.8. The van der Waals surface area contributed by atoms with E-state index in [9.17, 15) is 20.1 Å². The third-order valence-electron chi connectivity index (χ3n) is 5.73. The molecule has 0 aromatic heterocycles. The highest BCUT2D eigenvalue weighted by Crippen LogP contribution is 2.23. The van der Waals surface area contributed by atoms with E-state index in [2.05, 4.69) is 5.32 Å². The first kappa shape index (κ1) is 31.1. The van der Waals surface area contributed by atoms with E-state index < -0.39 is 36.2 Å². The molecular formula is C30H40N2O6. The molecule has 0 aromatic carbocycles. The minimum absolute atomic E-state index is 0.133. The van der Waals surface area contributed by atoms with Crippen molar-refractivity contribution in [2.45, 2.75) is 50.1 Å². The van der Waals surface area contributed by atoms with Gasteiger partial charge in [-0.2, -0.15) is 0 Å². The Labute approximate surface area is 225 Å². The summed E-state index contributed by atoms with van der Waals surface area (Å²) in [7, 11) is 0. The molecule has 0 saturated carbocycles. The molecule has 0 bridgehead atoms. The molecule has 2 aliphatic heterocycles. The summed E-state index contributed by atoms with van der Waals surface area (Å²) < 4.78 is 11.4. The fourth-order valence-corrected chi connectivity index (χ4v) is 3.41. The molecule has 0 aromatic rings. The number of ether oxygens (including phenoxy) is 2. The van der Waals surface area contributed by atoms with Gasteiger partial charge in [-0.3, -0.25) is 4.79 Å². The van der Waals surface area contributed by atoms with E-state index >= 15 is 0 Å². The number of aliphatic hydroxyl groups excluding tert-OH is 2. The molecular weight excluding hydrogens is 484 g/mol. The maximum Gasteiger partial charge on any atom is 0.243 e. The number of carbonyl (C=O) groups excluding carboxylic acids is 1. The number of hydrogen-bond acceptors (Lipinski definition) is 7. The number of carbonyl (C=O) groups is 1. The van der Waals surface area contributed by atoms with Crippen LogP contribution in [0.25, 0.3) is 0 Å². The van der Waals surface area contributed by atoms with Crippen LogP contribution in [-0.4, -0.2) is 70.6 Å². The van der Waals surface area contributed by atoms with E-state index in [0.717, 1.165) is 0 Å². The molecule has 38 heavy (non-hydrogen) atoms. The molecule has 206 valence electrons. The van der Waals surface area contributed by atoms with Gasteiger partial charge in [0, 0.05) is 12.6 Å². The summed E-state index contributed by atoms with van der Waals surface area (Å²) in [5, 5.41) is 33.9. The zero-order valence-corrected chi connectivity index (χ0v) is 21.9. The average molecular weight is 525 g/mol. The molecule has 0 spiro atoms. The van der Waals surface area contributed by atoms with Crippen LogP contribution in [0.1, 0.15) is 13.8 Å². The van der Waals surface area contributed by atoms with Crippen LogP contribution in [0, 0.1) is 5.92 Å². The van der Waals surface area contributed by atoms with Crippen molar-refractivity contribution in [1.82, 2.24) is 5.32 Å². The topological polar surface area (TPSA) is 134 Å². The quantitative estimate of drug-likeness (QED) is 0.374. The maximum absolute atomic E-state index is 11.9. The molecule has 8 heteroatoms. The van der Waals surface area contributed by atoms with Crippen molar-refractivity contribution in [3.05, 3.63) is 109 Å². The number of amides is 1. The van der Waals surface area contributed by atoms with Gasteiger partial charge >= 0.3 is 0 Å². The van der Waals surface area contributed by atoms with Crippen LogP contribution in [-0.2, 0) is 14.3 Å². The van der Waals surface area contributed by atoms with Gasteiger partial charge in [-0.15, -0.1) is 0 Å². The molecule has 0 radical (unpaired) electrons. The number of rotatable bonds is 2. The third-order valence-corrected chi connectivity index (χ3v) is 5.73. The van der Waals surface area contributed by atoms with Gasteiger partial charge in [-0.25, -0.2) is 0 Å². The molecule has 1 fully saturated rings. The van der Waals surface area contributed by atoms with Crippen molar-refractivity contribution >= 4 is 5.91 Å². The van der Waals surface area contributed by atoms with Gasteiger partial charge in [0.15, 0.2) is 6.29 Å². The lowest BCUT2D eigenvalue weighted by atomic mass is 9.96. The second-order valence-electron chi connectivity index (χ2n) is 9.25. The fourth-order valence-electron chi connectivity index (χ4n) is 3.41. The zero-order valence-electron chi connectivity index (χ0n) is 21.9. The molecule has 8 nitrogen and oxygen atoms in total. The minimum Gasteiger partial charge on any atom is -0.389 e. The predicted molar refractivity (Wildman–Crippen MR) is 150 cm³/mol.